The summed E-state index contributed by atoms with van der Waals surface area (Å²) in [5.74, 6) is 0.483. The van der Waals surface area contributed by atoms with E-state index < -0.39 is 0 Å². The van der Waals surface area contributed by atoms with Gasteiger partial charge in [-0.05, 0) is 30.8 Å². The Labute approximate surface area is 110 Å². The van der Waals surface area contributed by atoms with Gasteiger partial charge in [0.1, 0.15) is 0 Å². The molecule has 1 aromatic heterocycles. The Morgan fingerprint density at radius 3 is 2.88 bits per heavy atom. The lowest BCUT2D eigenvalue weighted by molar-refractivity contribution is 0.499. The van der Waals surface area contributed by atoms with Crippen molar-refractivity contribution < 1.29 is 4.42 Å². The maximum absolute atomic E-state index is 6.08. The van der Waals surface area contributed by atoms with Gasteiger partial charge >= 0.3 is 0 Å². The molecule has 0 amide bonds. The minimum Gasteiger partial charge on any atom is -0.409 e. The summed E-state index contributed by atoms with van der Waals surface area (Å²) in [6, 6.07) is 7.44. The van der Waals surface area contributed by atoms with Crippen LogP contribution in [0.2, 0.25) is 5.02 Å². The topological polar surface area (TPSA) is 31.0 Å². The number of nitrogens with zero attached hydrogens (tertiary/aromatic N) is 2. The first-order valence-corrected chi connectivity index (χ1v) is 6.34. The monoisotopic (exact) mass is 268 g/mol. The zero-order chi connectivity index (χ0) is 12.3. The Bertz CT molecular complexity index is 562. The van der Waals surface area contributed by atoms with E-state index in [9.17, 15) is 0 Å². The molecular formula is C12H13ClN2OS. The molecular weight excluding hydrogens is 256 g/mol. The number of aromatic nitrogens is 2. The summed E-state index contributed by atoms with van der Waals surface area (Å²) < 4.78 is 7.17. The van der Waals surface area contributed by atoms with E-state index in [1.165, 1.54) is 0 Å². The van der Waals surface area contributed by atoms with Gasteiger partial charge < -0.3 is 4.42 Å². The molecule has 0 atom stereocenters. The summed E-state index contributed by atoms with van der Waals surface area (Å²) in [6.45, 7) is 2.90. The van der Waals surface area contributed by atoms with Crippen molar-refractivity contribution >= 4 is 23.8 Å². The Balaban J connectivity index is 2.35. The predicted octanol–water partition coefficient (Wildman–Crippen LogP) is 4.33. The van der Waals surface area contributed by atoms with Gasteiger partial charge in [-0.2, -0.15) is 0 Å². The van der Waals surface area contributed by atoms with Gasteiger partial charge in [0, 0.05) is 6.54 Å². The maximum Gasteiger partial charge on any atom is 0.287 e. The molecule has 0 bridgehead atoms. The fourth-order valence-electron chi connectivity index (χ4n) is 1.50. The normalized spacial score (nSPS) is 10.7. The van der Waals surface area contributed by atoms with Crippen LogP contribution in [0.15, 0.2) is 28.7 Å². The van der Waals surface area contributed by atoms with Crippen LogP contribution in [0.4, 0.5) is 0 Å². The third-order valence-electron chi connectivity index (χ3n) is 2.43. The summed E-state index contributed by atoms with van der Waals surface area (Å²) in [5.41, 5.74) is 0.774. The second-order valence-electron chi connectivity index (χ2n) is 3.73. The second-order valence-corrected chi connectivity index (χ2v) is 4.49. The number of halogens is 1. The van der Waals surface area contributed by atoms with Crippen molar-refractivity contribution in [1.82, 2.24) is 9.78 Å². The molecule has 1 heterocycles. The van der Waals surface area contributed by atoms with Crippen LogP contribution >= 0.6 is 23.8 Å². The molecule has 0 N–H and O–H groups in total. The maximum atomic E-state index is 6.08. The minimum atomic E-state index is 0.397. The first kappa shape index (κ1) is 12.3. The fraction of sp³-hybridized carbons (Fsp3) is 0.333. The van der Waals surface area contributed by atoms with Crippen molar-refractivity contribution in [2.45, 2.75) is 26.3 Å². The van der Waals surface area contributed by atoms with Crippen molar-refractivity contribution in [3.8, 4) is 11.5 Å². The summed E-state index contributed by atoms with van der Waals surface area (Å²) in [7, 11) is 0. The van der Waals surface area contributed by atoms with Crippen LogP contribution < -0.4 is 0 Å². The van der Waals surface area contributed by atoms with Gasteiger partial charge in [-0.25, -0.2) is 4.68 Å². The van der Waals surface area contributed by atoms with Gasteiger partial charge in [-0.3, -0.25) is 0 Å². The first-order chi connectivity index (χ1) is 8.22. The van der Waals surface area contributed by atoms with Crippen LogP contribution in [0.5, 0.6) is 0 Å². The van der Waals surface area contributed by atoms with Gasteiger partial charge in [0.05, 0.1) is 10.6 Å². The zero-order valence-electron chi connectivity index (χ0n) is 9.52. The number of hydrogen-bond donors (Lipinski definition) is 0. The molecule has 5 heteroatoms. The molecule has 90 valence electrons. The van der Waals surface area contributed by atoms with Gasteiger partial charge in [-0.1, -0.05) is 37.1 Å². The van der Waals surface area contributed by atoms with Crippen LogP contribution in [0, 0.1) is 4.84 Å². The molecule has 2 rings (SSSR count). The van der Waals surface area contributed by atoms with Gasteiger partial charge in [0.15, 0.2) is 0 Å². The molecule has 0 unspecified atom stereocenters. The quantitative estimate of drug-likeness (QED) is 0.774. The third kappa shape index (κ3) is 2.76. The highest BCUT2D eigenvalue weighted by atomic mass is 35.5. The number of aryl methyl sites for hydroxylation is 1. The molecule has 0 aliphatic heterocycles. The van der Waals surface area contributed by atoms with E-state index in [1.807, 2.05) is 18.2 Å². The number of hydrogen-bond acceptors (Lipinski definition) is 3. The lowest BCUT2D eigenvalue weighted by atomic mass is 10.2. The summed E-state index contributed by atoms with van der Waals surface area (Å²) in [5, 5.41) is 4.96. The number of rotatable bonds is 4. The summed E-state index contributed by atoms with van der Waals surface area (Å²) in [6.07, 6.45) is 2.12. The van der Waals surface area contributed by atoms with Crippen molar-refractivity contribution in [1.29, 1.82) is 0 Å². The Hall–Kier alpha value is -1.13. The van der Waals surface area contributed by atoms with Crippen LogP contribution in [0.3, 0.4) is 0 Å². The smallest absolute Gasteiger partial charge is 0.287 e. The number of benzene rings is 1. The van der Waals surface area contributed by atoms with E-state index in [1.54, 1.807) is 10.7 Å². The molecule has 0 fully saturated rings. The minimum absolute atomic E-state index is 0.397. The SMILES string of the molecule is CCCCn1nc(-c2ccccc2Cl)oc1=S. The highest BCUT2D eigenvalue weighted by Gasteiger charge is 2.10. The predicted molar refractivity (Wildman–Crippen MR) is 70.7 cm³/mol. The first-order valence-electron chi connectivity index (χ1n) is 5.55. The van der Waals surface area contributed by atoms with Crippen LogP contribution in [-0.2, 0) is 6.54 Å². The van der Waals surface area contributed by atoms with E-state index >= 15 is 0 Å². The molecule has 0 aliphatic rings. The summed E-state index contributed by atoms with van der Waals surface area (Å²) >= 11 is 11.2. The lowest BCUT2D eigenvalue weighted by Gasteiger charge is -1.97. The Morgan fingerprint density at radius 2 is 2.18 bits per heavy atom. The van der Waals surface area contributed by atoms with E-state index in [-0.39, 0.29) is 0 Å². The standard InChI is InChI=1S/C12H13ClN2OS/c1-2-3-8-15-12(17)16-11(14-15)9-6-4-5-7-10(9)13/h4-7H,2-3,8H2,1H3. The molecule has 17 heavy (non-hydrogen) atoms. The van der Waals surface area contributed by atoms with E-state index in [0.29, 0.717) is 15.8 Å². The molecule has 0 saturated heterocycles. The lowest BCUT2D eigenvalue weighted by Crippen LogP contribution is -1.99. The fourth-order valence-corrected chi connectivity index (χ4v) is 1.93. The molecule has 2 aromatic rings. The van der Waals surface area contributed by atoms with Gasteiger partial charge in [-0.15, -0.1) is 5.10 Å². The molecule has 0 saturated carbocycles. The highest BCUT2D eigenvalue weighted by molar-refractivity contribution is 7.71. The third-order valence-corrected chi connectivity index (χ3v) is 3.06. The van der Waals surface area contributed by atoms with Gasteiger partial charge in [0.2, 0.25) is 5.89 Å². The van der Waals surface area contributed by atoms with Crippen molar-refractivity contribution in [3.05, 3.63) is 34.1 Å². The molecule has 3 nitrogen and oxygen atoms in total. The van der Waals surface area contributed by atoms with E-state index in [0.717, 1.165) is 24.9 Å². The van der Waals surface area contributed by atoms with Crippen molar-refractivity contribution in [3.63, 3.8) is 0 Å². The molecule has 1 aromatic carbocycles. The van der Waals surface area contributed by atoms with Crippen molar-refractivity contribution in [2.24, 2.45) is 0 Å². The van der Waals surface area contributed by atoms with E-state index in [2.05, 4.69) is 12.0 Å². The Morgan fingerprint density at radius 1 is 1.41 bits per heavy atom. The molecule has 0 aliphatic carbocycles. The largest absolute Gasteiger partial charge is 0.409 e. The zero-order valence-corrected chi connectivity index (χ0v) is 11.1. The number of unbranched alkanes of at least 4 members (excludes halogenated alkanes) is 1. The average Bonchev–Trinajstić information content (AvgIpc) is 2.68. The van der Waals surface area contributed by atoms with Crippen molar-refractivity contribution in [2.75, 3.05) is 0 Å². The summed E-state index contributed by atoms with van der Waals surface area (Å²) in [4.78, 5) is 0.397. The van der Waals surface area contributed by atoms with Gasteiger partial charge in [0.25, 0.3) is 4.84 Å². The average molecular weight is 269 g/mol. The highest BCUT2D eigenvalue weighted by Crippen LogP contribution is 2.26. The van der Waals surface area contributed by atoms with Crippen LogP contribution in [-0.4, -0.2) is 9.78 Å². The van der Waals surface area contributed by atoms with Crippen LogP contribution in [0.1, 0.15) is 19.8 Å². The molecule has 0 spiro atoms. The van der Waals surface area contributed by atoms with Crippen LogP contribution in [0.25, 0.3) is 11.5 Å². The Kier molecular flexibility index (Phi) is 3.97. The molecule has 0 radical (unpaired) electrons. The second kappa shape index (κ2) is 5.47. The van der Waals surface area contributed by atoms with E-state index in [4.69, 9.17) is 28.2 Å².